The summed E-state index contributed by atoms with van der Waals surface area (Å²) in [4.78, 5) is 5.22. The molecule has 0 aliphatic rings. The zero-order chi connectivity index (χ0) is 9.94. The fraction of sp³-hybridized carbons (Fsp3) is 1.00. The van der Waals surface area contributed by atoms with Crippen molar-refractivity contribution in [3.63, 3.8) is 0 Å². The first-order valence-corrected chi connectivity index (χ1v) is 5.70. The van der Waals surface area contributed by atoms with Gasteiger partial charge in [0.25, 0.3) is 0 Å². The largest absolute Gasteiger partial charge is 0.319 e. The lowest BCUT2D eigenvalue weighted by Crippen LogP contribution is -2.25. The topological polar surface area (TPSA) is 21.7 Å². The molecule has 0 aliphatic carbocycles. The molecule has 0 fully saturated rings. The highest BCUT2D eigenvalue weighted by Crippen LogP contribution is 2.03. The van der Waals surface area contributed by atoms with E-state index in [-0.39, 0.29) is 0 Å². The Labute approximate surface area is 85.9 Å². The number of hydrogen-bond donors (Lipinski definition) is 0. The van der Waals surface area contributed by atoms with Gasteiger partial charge in [0.2, 0.25) is 0 Å². The Morgan fingerprint density at radius 2 is 1.85 bits per heavy atom. The number of unbranched alkanes of at least 4 members (excludes halogenated alkanes) is 1. The SMILES string of the molecule is CCCCN(CCCSOC)OC. The molecule has 0 bridgehead atoms. The third-order valence-corrected chi connectivity index (χ3v) is 2.46. The Morgan fingerprint density at radius 1 is 1.15 bits per heavy atom. The van der Waals surface area contributed by atoms with Crippen molar-refractivity contribution in [3.8, 4) is 0 Å². The number of nitrogens with zero attached hydrogens (tertiary/aromatic N) is 1. The van der Waals surface area contributed by atoms with E-state index in [1.165, 1.54) is 24.9 Å². The molecule has 0 N–H and O–H groups in total. The molecule has 0 aromatic heterocycles. The zero-order valence-electron chi connectivity index (χ0n) is 8.91. The van der Waals surface area contributed by atoms with Gasteiger partial charge in [-0.05, 0) is 24.9 Å². The third-order valence-electron chi connectivity index (χ3n) is 1.77. The van der Waals surface area contributed by atoms with Crippen LogP contribution in [-0.2, 0) is 9.02 Å². The maximum atomic E-state index is 5.22. The minimum absolute atomic E-state index is 0.993. The minimum atomic E-state index is 0.993. The Balaban J connectivity index is 3.25. The van der Waals surface area contributed by atoms with Gasteiger partial charge in [-0.3, -0.25) is 0 Å². The average Bonchev–Trinajstić information content (AvgIpc) is 2.17. The van der Waals surface area contributed by atoms with E-state index in [1.807, 2.05) is 5.06 Å². The van der Waals surface area contributed by atoms with Gasteiger partial charge < -0.3 is 9.02 Å². The molecule has 0 saturated carbocycles. The van der Waals surface area contributed by atoms with Crippen LogP contribution in [0.15, 0.2) is 0 Å². The summed E-state index contributed by atoms with van der Waals surface area (Å²) in [6, 6.07) is 0. The molecule has 0 aromatic rings. The van der Waals surface area contributed by atoms with Crippen LogP contribution >= 0.6 is 12.0 Å². The second kappa shape index (κ2) is 10.3. The average molecular weight is 207 g/mol. The van der Waals surface area contributed by atoms with Gasteiger partial charge in [-0.15, -0.1) is 0 Å². The van der Waals surface area contributed by atoms with Crippen molar-refractivity contribution in [1.29, 1.82) is 0 Å². The van der Waals surface area contributed by atoms with Crippen molar-refractivity contribution in [2.45, 2.75) is 26.2 Å². The van der Waals surface area contributed by atoms with Crippen LogP contribution in [0.1, 0.15) is 26.2 Å². The third kappa shape index (κ3) is 8.56. The fourth-order valence-electron chi connectivity index (χ4n) is 1.01. The lowest BCUT2D eigenvalue weighted by atomic mass is 10.3. The summed E-state index contributed by atoms with van der Waals surface area (Å²) in [5.41, 5.74) is 0. The molecule has 0 radical (unpaired) electrons. The van der Waals surface area contributed by atoms with Crippen LogP contribution in [0.5, 0.6) is 0 Å². The summed E-state index contributed by atoms with van der Waals surface area (Å²) in [6.45, 7) is 4.21. The molecule has 4 heteroatoms. The van der Waals surface area contributed by atoms with Gasteiger partial charge in [-0.25, -0.2) is 0 Å². The number of hydrogen-bond acceptors (Lipinski definition) is 4. The molecule has 13 heavy (non-hydrogen) atoms. The molecular weight excluding hydrogens is 186 g/mol. The first kappa shape index (κ1) is 13.2. The van der Waals surface area contributed by atoms with Crippen LogP contribution in [0.3, 0.4) is 0 Å². The quantitative estimate of drug-likeness (QED) is 0.328. The van der Waals surface area contributed by atoms with Gasteiger partial charge >= 0.3 is 0 Å². The first-order valence-electron chi connectivity index (χ1n) is 4.79. The molecule has 0 heterocycles. The normalized spacial score (nSPS) is 11.1. The van der Waals surface area contributed by atoms with Crippen molar-refractivity contribution in [3.05, 3.63) is 0 Å². The van der Waals surface area contributed by atoms with Gasteiger partial charge in [0.1, 0.15) is 0 Å². The molecule has 0 amide bonds. The van der Waals surface area contributed by atoms with E-state index in [9.17, 15) is 0 Å². The zero-order valence-corrected chi connectivity index (χ0v) is 9.73. The van der Waals surface area contributed by atoms with Gasteiger partial charge in [-0.1, -0.05) is 13.3 Å². The minimum Gasteiger partial charge on any atom is -0.319 e. The van der Waals surface area contributed by atoms with E-state index in [4.69, 9.17) is 9.02 Å². The maximum absolute atomic E-state index is 5.22. The number of rotatable bonds is 9. The molecule has 0 rings (SSSR count). The molecule has 0 unspecified atom stereocenters. The van der Waals surface area contributed by atoms with Gasteiger partial charge in [-0.2, -0.15) is 5.06 Å². The van der Waals surface area contributed by atoms with Crippen molar-refractivity contribution >= 4 is 12.0 Å². The Hall–Kier alpha value is 0.230. The lowest BCUT2D eigenvalue weighted by Gasteiger charge is -2.18. The Bertz CT molecular complexity index is 104. The van der Waals surface area contributed by atoms with Gasteiger partial charge in [0.15, 0.2) is 0 Å². The summed E-state index contributed by atoms with van der Waals surface area (Å²) >= 11 is 1.50. The lowest BCUT2D eigenvalue weighted by molar-refractivity contribution is -0.131. The summed E-state index contributed by atoms with van der Waals surface area (Å²) in [5, 5.41) is 2.01. The fourth-order valence-corrected chi connectivity index (χ4v) is 1.43. The van der Waals surface area contributed by atoms with Gasteiger partial charge in [0, 0.05) is 18.8 Å². The highest BCUT2D eigenvalue weighted by atomic mass is 32.2. The van der Waals surface area contributed by atoms with E-state index in [0.29, 0.717) is 0 Å². The number of hydroxylamine groups is 2. The van der Waals surface area contributed by atoms with E-state index >= 15 is 0 Å². The van der Waals surface area contributed by atoms with Crippen molar-refractivity contribution in [2.75, 3.05) is 33.1 Å². The van der Waals surface area contributed by atoms with E-state index in [1.54, 1.807) is 14.2 Å². The highest BCUT2D eigenvalue weighted by molar-refractivity contribution is 7.94. The smallest absolute Gasteiger partial charge is 0.0575 e. The molecule has 0 aliphatic heterocycles. The van der Waals surface area contributed by atoms with E-state index in [0.717, 1.165) is 25.3 Å². The highest BCUT2D eigenvalue weighted by Gasteiger charge is 2.01. The van der Waals surface area contributed by atoms with Crippen molar-refractivity contribution in [2.24, 2.45) is 0 Å². The summed E-state index contributed by atoms with van der Waals surface area (Å²) in [7, 11) is 3.44. The van der Waals surface area contributed by atoms with Crippen molar-refractivity contribution in [1.82, 2.24) is 5.06 Å². The van der Waals surface area contributed by atoms with Crippen LogP contribution in [0.2, 0.25) is 0 Å². The molecule has 80 valence electrons. The molecule has 0 aromatic carbocycles. The molecular formula is C9H21NO2S. The standard InChI is InChI=1S/C9H21NO2S/c1-4-5-7-10(11-2)8-6-9-13-12-3/h4-9H2,1-3H3. The van der Waals surface area contributed by atoms with E-state index in [2.05, 4.69) is 6.92 Å². The van der Waals surface area contributed by atoms with Crippen LogP contribution in [0.4, 0.5) is 0 Å². The predicted octanol–water partition coefficient (Wildman–Crippen LogP) is 2.33. The second-order valence-electron chi connectivity index (χ2n) is 2.81. The predicted molar refractivity (Wildman–Crippen MR) is 57.6 cm³/mol. The van der Waals surface area contributed by atoms with E-state index < -0.39 is 0 Å². The Morgan fingerprint density at radius 3 is 2.38 bits per heavy atom. The first-order chi connectivity index (χ1) is 6.35. The molecule has 0 spiro atoms. The molecule has 0 atom stereocenters. The maximum Gasteiger partial charge on any atom is 0.0575 e. The monoisotopic (exact) mass is 207 g/mol. The molecule has 0 saturated heterocycles. The van der Waals surface area contributed by atoms with Gasteiger partial charge in [0.05, 0.1) is 14.2 Å². The molecule has 3 nitrogen and oxygen atoms in total. The summed E-state index contributed by atoms with van der Waals surface area (Å²) < 4.78 is 4.90. The van der Waals surface area contributed by atoms with Crippen LogP contribution in [0, 0.1) is 0 Å². The van der Waals surface area contributed by atoms with Crippen LogP contribution < -0.4 is 0 Å². The summed E-state index contributed by atoms with van der Waals surface area (Å²) in [6.07, 6.45) is 3.52. The van der Waals surface area contributed by atoms with Crippen LogP contribution in [-0.4, -0.2) is 38.1 Å². The van der Waals surface area contributed by atoms with Crippen LogP contribution in [0.25, 0.3) is 0 Å². The summed E-state index contributed by atoms with van der Waals surface area (Å²) in [5.74, 6) is 1.03. The second-order valence-corrected chi connectivity index (χ2v) is 3.78. The van der Waals surface area contributed by atoms with Crippen molar-refractivity contribution < 1.29 is 9.02 Å². The Kier molecular flexibility index (Phi) is 10.5.